The van der Waals surface area contributed by atoms with Gasteiger partial charge in [0.15, 0.2) is 17.8 Å². The second-order valence-corrected chi connectivity index (χ2v) is 15.6. The first-order chi connectivity index (χ1) is 24.8. The molecule has 0 aliphatic carbocycles. The first-order valence-corrected chi connectivity index (χ1v) is 18.8. The number of hydrogen-bond acceptors (Lipinski definition) is 12. The number of hydrogen-bond donors (Lipinski definition) is 4. The minimum Gasteiger partial charge on any atom is -0.454 e. The van der Waals surface area contributed by atoms with Crippen LogP contribution in [-0.4, -0.2) is 113 Å². The van der Waals surface area contributed by atoms with E-state index in [2.05, 4.69) is 16.0 Å². The lowest BCUT2D eigenvalue weighted by Crippen LogP contribution is -2.52. The molecule has 0 saturated carbocycles. The fourth-order valence-corrected chi connectivity index (χ4v) is 7.95. The second kappa shape index (κ2) is 17.6. The number of sulfonamides is 1. The van der Waals surface area contributed by atoms with Gasteiger partial charge < -0.3 is 49.5 Å². The van der Waals surface area contributed by atoms with Gasteiger partial charge >= 0.3 is 12.2 Å². The van der Waals surface area contributed by atoms with Gasteiger partial charge in [-0.15, -0.1) is 0 Å². The first kappa shape index (κ1) is 39.1. The predicted molar refractivity (Wildman–Crippen MR) is 185 cm³/mol. The van der Waals surface area contributed by atoms with Gasteiger partial charge in [-0.1, -0.05) is 44.2 Å². The largest absolute Gasteiger partial charge is 0.454 e. The van der Waals surface area contributed by atoms with Crippen LogP contribution in [0, 0.1) is 11.3 Å². The molecular formula is C35H48N4O12S. The fourth-order valence-electron chi connectivity index (χ4n) is 6.29. The minimum atomic E-state index is -4.26. The van der Waals surface area contributed by atoms with E-state index in [1.807, 2.05) is 44.2 Å². The van der Waals surface area contributed by atoms with Crippen LogP contribution in [0.4, 0.5) is 9.59 Å². The Hall–Kier alpha value is -4.16. The Kier molecular flexibility index (Phi) is 13.2. The zero-order valence-corrected chi connectivity index (χ0v) is 30.4. The van der Waals surface area contributed by atoms with Crippen LogP contribution in [0.25, 0.3) is 0 Å². The minimum absolute atomic E-state index is 0.0420. The quantitative estimate of drug-likeness (QED) is 0.184. The number of carbonyl (C=O) groups excluding carboxylic acids is 3. The smallest absolute Gasteiger partial charge is 0.407 e. The number of aliphatic hydroxyl groups is 1. The van der Waals surface area contributed by atoms with Gasteiger partial charge in [0.25, 0.3) is 0 Å². The fraction of sp³-hybridized carbons (Fsp3) is 0.571. The molecule has 52 heavy (non-hydrogen) atoms. The van der Waals surface area contributed by atoms with Crippen molar-refractivity contribution in [2.24, 2.45) is 11.3 Å². The molecule has 0 spiro atoms. The molecule has 2 aromatic rings. The van der Waals surface area contributed by atoms with Crippen molar-refractivity contribution in [3.8, 4) is 11.5 Å². The molecular weight excluding hydrogens is 700 g/mol. The van der Waals surface area contributed by atoms with Gasteiger partial charge in [-0.2, -0.15) is 4.31 Å². The standard InChI is InChI=1S/C35H48N4O12S/c1-4-46-33(42)37-18-31(41)36-14-13-35(2,3)21-39(52(44,45)24-10-11-28-29(17-24)50-22-49-28)19-27(40)26(16-23-8-6-5-7-9-23)38-34(43)51-30-20-48-32-25(30)12-15-47-32/h5-11,17,25-27,30,32,40H,4,12-16,18-22H2,1-3H3,(H,36,41)(H,37,42)(H,38,43)/t25-,26-,27+,30-,32+/m0/s1. The highest BCUT2D eigenvalue weighted by atomic mass is 32.2. The van der Waals surface area contributed by atoms with E-state index in [0.29, 0.717) is 25.2 Å². The number of fused-ring (bicyclic) bond motifs is 2. The maximum absolute atomic E-state index is 14.3. The third-order valence-corrected chi connectivity index (χ3v) is 10.9. The third kappa shape index (κ3) is 10.5. The molecule has 17 heteroatoms. The van der Waals surface area contributed by atoms with Crippen molar-refractivity contribution in [2.75, 3.05) is 52.8 Å². The Balaban J connectivity index is 1.32. The summed E-state index contributed by atoms with van der Waals surface area (Å²) < 4.78 is 62.3. The van der Waals surface area contributed by atoms with E-state index in [0.717, 1.165) is 5.56 Å². The molecule has 2 saturated heterocycles. The number of aliphatic hydroxyl groups excluding tert-OH is 1. The summed E-state index contributed by atoms with van der Waals surface area (Å²) >= 11 is 0. The number of nitrogens with zero attached hydrogens (tertiary/aromatic N) is 1. The Morgan fingerprint density at radius 2 is 1.81 bits per heavy atom. The van der Waals surface area contributed by atoms with Gasteiger partial charge in [0.1, 0.15) is 6.10 Å². The van der Waals surface area contributed by atoms with Crippen molar-refractivity contribution in [2.45, 2.75) is 69.5 Å². The maximum atomic E-state index is 14.3. The van der Waals surface area contributed by atoms with Crippen LogP contribution in [0.1, 0.15) is 39.2 Å². The molecule has 5 atom stereocenters. The summed E-state index contributed by atoms with van der Waals surface area (Å²) in [7, 11) is -4.26. The van der Waals surface area contributed by atoms with Gasteiger partial charge in [0, 0.05) is 25.7 Å². The molecule has 0 bridgehead atoms. The molecule has 16 nitrogen and oxygen atoms in total. The van der Waals surface area contributed by atoms with Crippen LogP contribution in [-0.2, 0) is 40.2 Å². The average Bonchev–Trinajstić information content (AvgIpc) is 3.86. The Bertz CT molecular complexity index is 1640. The lowest BCUT2D eigenvalue weighted by molar-refractivity contribution is -0.120. The summed E-state index contributed by atoms with van der Waals surface area (Å²) in [6.07, 6.45) is -2.59. The summed E-state index contributed by atoms with van der Waals surface area (Å²) in [5.41, 5.74) is 0.0771. The molecule has 286 valence electrons. The number of amides is 3. The topological polar surface area (TPSA) is 200 Å². The molecule has 0 aromatic heterocycles. The number of carbonyl (C=O) groups is 3. The Morgan fingerprint density at radius 1 is 1.04 bits per heavy atom. The molecule has 2 fully saturated rings. The maximum Gasteiger partial charge on any atom is 0.407 e. The second-order valence-electron chi connectivity index (χ2n) is 13.6. The molecule has 3 aliphatic rings. The van der Waals surface area contributed by atoms with Crippen LogP contribution in [0.2, 0.25) is 0 Å². The summed E-state index contributed by atoms with van der Waals surface area (Å²) in [4.78, 5) is 37.0. The van der Waals surface area contributed by atoms with Crippen molar-refractivity contribution in [3.05, 3.63) is 54.1 Å². The van der Waals surface area contributed by atoms with Crippen LogP contribution in [0.15, 0.2) is 53.4 Å². The molecule has 3 aliphatic heterocycles. The SMILES string of the molecule is CCOC(=O)NCC(=O)NCCC(C)(C)CN(C[C@@H](O)[C@H](Cc1ccccc1)NC(=O)O[C@H]1CO[C@H]2OCC[C@H]21)S(=O)(=O)c1ccc2c(c1)OCO2. The van der Waals surface area contributed by atoms with E-state index in [4.69, 9.17) is 28.4 Å². The van der Waals surface area contributed by atoms with Gasteiger partial charge in [0.05, 0.1) is 49.3 Å². The molecule has 4 N–H and O–H groups in total. The highest BCUT2D eigenvalue weighted by Crippen LogP contribution is 2.36. The zero-order chi connectivity index (χ0) is 37.3. The van der Waals surface area contributed by atoms with Crippen molar-refractivity contribution in [1.29, 1.82) is 0 Å². The van der Waals surface area contributed by atoms with Crippen LogP contribution >= 0.6 is 0 Å². The highest BCUT2D eigenvalue weighted by molar-refractivity contribution is 7.89. The number of alkyl carbamates (subject to hydrolysis) is 2. The van der Waals surface area contributed by atoms with Crippen LogP contribution in [0.5, 0.6) is 11.5 Å². The molecule has 0 unspecified atom stereocenters. The Labute approximate surface area is 303 Å². The van der Waals surface area contributed by atoms with Crippen molar-refractivity contribution in [3.63, 3.8) is 0 Å². The normalized spacial score (nSPS) is 20.5. The number of ether oxygens (including phenoxy) is 6. The summed E-state index contributed by atoms with van der Waals surface area (Å²) in [5, 5.41) is 19.7. The van der Waals surface area contributed by atoms with Gasteiger partial charge in [-0.05, 0) is 49.3 Å². The lowest BCUT2D eigenvalue weighted by Gasteiger charge is -2.35. The molecule has 3 heterocycles. The van der Waals surface area contributed by atoms with Crippen LogP contribution in [0.3, 0.4) is 0 Å². The van der Waals surface area contributed by atoms with E-state index in [-0.39, 0.29) is 69.2 Å². The van der Waals surface area contributed by atoms with E-state index in [1.165, 1.54) is 22.5 Å². The van der Waals surface area contributed by atoms with Gasteiger partial charge in [0.2, 0.25) is 22.7 Å². The summed E-state index contributed by atoms with van der Waals surface area (Å²) in [5.74, 6) is 0.155. The molecule has 0 radical (unpaired) electrons. The van der Waals surface area contributed by atoms with Gasteiger partial charge in [-0.3, -0.25) is 4.79 Å². The first-order valence-electron chi connectivity index (χ1n) is 17.3. The molecule has 2 aromatic carbocycles. The van der Waals surface area contributed by atoms with E-state index in [9.17, 15) is 27.9 Å². The third-order valence-electron chi connectivity index (χ3n) is 9.08. The summed E-state index contributed by atoms with van der Waals surface area (Å²) in [6.45, 7) is 5.59. The summed E-state index contributed by atoms with van der Waals surface area (Å²) in [6, 6.07) is 12.5. The number of benzene rings is 2. The van der Waals surface area contributed by atoms with E-state index in [1.54, 1.807) is 6.92 Å². The van der Waals surface area contributed by atoms with Gasteiger partial charge in [-0.25, -0.2) is 18.0 Å². The molecule has 3 amide bonds. The van der Waals surface area contributed by atoms with Crippen molar-refractivity contribution >= 4 is 28.1 Å². The lowest BCUT2D eigenvalue weighted by atomic mass is 9.89. The average molecular weight is 749 g/mol. The highest BCUT2D eigenvalue weighted by Gasteiger charge is 2.44. The van der Waals surface area contributed by atoms with E-state index >= 15 is 0 Å². The number of nitrogens with one attached hydrogen (secondary N) is 3. The predicted octanol–water partition coefficient (Wildman–Crippen LogP) is 2.14. The monoisotopic (exact) mass is 748 g/mol. The molecule has 5 rings (SSSR count). The number of rotatable bonds is 17. The van der Waals surface area contributed by atoms with Crippen LogP contribution < -0.4 is 25.4 Å². The van der Waals surface area contributed by atoms with E-state index < -0.39 is 58.1 Å². The van der Waals surface area contributed by atoms with Crippen molar-refractivity contribution in [1.82, 2.24) is 20.3 Å². The zero-order valence-electron chi connectivity index (χ0n) is 29.6. The van der Waals surface area contributed by atoms with Crippen molar-refractivity contribution < 1.29 is 56.3 Å². The Morgan fingerprint density at radius 3 is 2.58 bits per heavy atom.